The molecule has 0 bridgehead atoms. The molecule has 0 radical (unpaired) electrons. The van der Waals surface area contributed by atoms with Crippen molar-refractivity contribution in [1.82, 2.24) is 5.32 Å². The molecule has 0 aliphatic heterocycles. The molecule has 222 valence electrons. The number of nitrogens with two attached hydrogens (primary N) is 1. The van der Waals surface area contributed by atoms with Gasteiger partial charge < -0.3 is 20.9 Å². The molecule has 2 aromatic carbocycles. The van der Waals surface area contributed by atoms with Crippen molar-refractivity contribution in [2.75, 3.05) is 6.54 Å². The Balaban J connectivity index is 2.11. The van der Waals surface area contributed by atoms with Crippen molar-refractivity contribution in [3.05, 3.63) is 69.3 Å². The van der Waals surface area contributed by atoms with Gasteiger partial charge in [0.05, 0.1) is 10.5 Å². The number of benzene rings is 2. The molecule has 0 aliphatic carbocycles. The van der Waals surface area contributed by atoms with Gasteiger partial charge >= 0.3 is 0 Å². The molecule has 1 amide bonds. The van der Waals surface area contributed by atoms with Crippen LogP contribution in [0, 0.1) is 22.0 Å². The van der Waals surface area contributed by atoms with E-state index in [1.807, 2.05) is 0 Å². The fraction of sp³-hybridized carbons (Fsp3) is 0.594. The number of rotatable bonds is 16. The molecule has 8 heteroatoms. The Bertz CT molecular complexity index is 1100. The number of carbonyl (C=O) groups is 1. The lowest BCUT2D eigenvalue weighted by atomic mass is 9.81. The summed E-state index contributed by atoms with van der Waals surface area (Å²) in [5, 5.41) is 24.5. The molecule has 0 aliphatic rings. The first kappa shape index (κ1) is 33.2. The normalized spacial score (nSPS) is 14.0. The Kier molecular flexibility index (Phi) is 13.1. The summed E-state index contributed by atoms with van der Waals surface area (Å²) in [5.74, 6) is 1.08. The van der Waals surface area contributed by atoms with Gasteiger partial charge in [-0.15, -0.1) is 0 Å². The highest BCUT2D eigenvalue weighted by Gasteiger charge is 2.24. The summed E-state index contributed by atoms with van der Waals surface area (Å²) in [5.41, 5.74) is 9.05. The molecule has 0 heterocycles. The van der Waals surface area contributed by atoms with Crippen LogP contribution >= 0.6 is 0 Å². The Labute approximate surface area is 239 Å². The molecule has 4 N–H and O–H groups in total. The first-order valence-electron chi connectivity index (χ1n) is 14.5. The van der Waals surface area contributed by atoms with Crippen LogP contribution in [0.1, 0.15) is 90.3 Å². The van der Waals surface area contributed by atoms with E-state index < -0.39 is 6.10 Å². The van der Waals surface area contributed by atoms with E-state index in [1.165, 1.54) is 6.07 Å². The van der Waals surface area contributed by atoms with Crippen LogP contribution in [0.3, 0.4) is 0 Å². The summed E-state index contributed by atoms with van der Waals surface area (Å²) < 4.78 is 6.23. The van der Waals surface area contributed by atoms with Crippen molar-refractivity contribution in [2.24, 2.45) is 17.6 Å². The highest BCUT2D eigenvalue weighted by atomic mass is 16.6. The zero-order valence-corrected chi connectivity index (χ0v) is 25.1. The van der Waals surface area contributed by atoms with Gasteiger partial charge in [-0.05, 0) is 72.6 Å². The molecule has 8 nitrogen and oxygen atoms in total. The van der Waals surface area contributed by atoms with E-state index in [0.717, 1.165) is 42.6 Å². The maximum Gasteiger partial charge on any atom is 0.276 e. The maximum atomic E-state index is 12.1. The number of amides is 1. The number of carbonyl (C=O) groups excluding carboxylic acids is 1. The fourth-order valence-corrected chi connectivity index (χ4v) is 4.81. The van der Waals surface area contributed by atoms with Gasteiger partial charge in [-0.3, -0.25) is 14.9 Å². The number of nitrogens with zero attached hydrogens (tertiary/aromatic N) is 1. The molecule has 2 aromatic rings. The molecular formula is C32H49N3O5. The molecule has 3 atom stereocenters. The van der Waals surface area contributed by atoms with Crippen LogP contribution in [0.5, 0.6) is 5.75 Å². The molecule has 0 unspecified atom stereocenters. The minimum absolute atomic E-state index is 0.0494. The summed E-state index contributed by atoms with van der Waals surface area (Å²) in [7, 11) is 0. The van der Waals surface area contributed by atoms with Gasteiger partial charge in [0.2, 0.25) is 5.91 Å². The van der Waals surface area contributed by atoms with Crippen LogP contribution in [0.15, 0.2) is 42.5 Å². The second-order valence-corrected chi connectivity index (χ2v) is 12.2. The van der Waals surface area contributed by atoms with Gasteiger partial charge in [-0.2, -0.15) is 0 Å². The summed E-state index contributed by atoms with van der Waals surface area (Å²) >= 11 is 0. The molecule has 0 aromatic heterocycles. The van der Waals surface area contributed by atoms with Gasteiger partial charge in [-0.25, -0.2) is 0 Å². The van der Waals surface area contributed by atoms with Crippen LogP contribution < -0.4 is 15.8 Å². The minimum atomic E-state index is -1.04. The number of aliphatic hydroxyl groups is 1. The van der Waals surface area contributed by atoms with Crippen molar-refractivity contribution >= 4 is 11.6 Å². The number of nitro benzene ring substituents is 1. The van der Waals surface area contributed by atoms with Gasteiger partial charge in [0.1, 0.15) is 18.5 Å². The van der Waals surface area contributed by atoms with Crippen LogP contribution in [0.25, 0.3) is 0 Å². The highest BCUT2D eigenvalue weighted by molar-refractivity contribution is 5.80. The van der Waals surface area contributed by atoms with Gasteiger partial charge in [0.25, 0.3) is 5.69 Å². The van der Waals surface area contributed by atoms with Crippen LogP contribution in [-0.4, -0.2) is 34.6 Å². The lowest BCUT2D eigenvalue weighted by Gasteiger charge is -2.27. The van der Waals surface area contributed by atoms with Crippen LogP contribution in [0.2, 0.25) is 0 Å². The van der Waals surface area contributed by atoms with Crippen molar-refractivity contribution in [3.8, 4) is 5.75 Å². The van der Waals surface area contributed by atoms with E-state index >= 15 is 0 Å². The predicted molar refractivity (Wildman–Crippen MR) is 160 cm³/mol. The maximum absolute atomic E-state index is 12.1. The van der Waals surface area contributed by atoms with Crippen molar-refractivity contribution < 1.29 is 19.6 Å². The molecule has 0 saturated heterocycles. The van der Waals surface area contributed by atoms with Crippen molar-refractivity contribution in [1.29, 1.82) is 0 Å². The average Bonchev–Trinajstić information content (AvgIpc) is 2.89. The number of hydrogen-bond acceptors (Lipinski definition) is 6. The number of aliphatic hydroxyl groups excluding tert-OH is 1. The number of unbranched alkanes of at least 4 members (excludes halogenated alkanes) is 1. The Morgan fingerprint density at radius 2 is 1.85 bits per heavy atom. The molecule has 40 heavy (non-hydrogen) atoms. The van der Waals surface area contributed by atoms with E-state index in [9.17, 15) is 20.0 Å². The predicted octanol–water partition coefficient (Wildman–Crippen LogP) is 6.06. The molecule has 0 fully saturated rings. The first-order valence-corrected chi connectivity index (χ1v) is 14.5. The zero-order valence-electron chi connectivity index (χ0n) is 25.1. The standard InChI is InChI=1S/C32H49N3O5/c1-7-8-17-34-31(37)29(36)16-14-26(33)20-25(22(2)3)18-23-13-15-27(32(4,5)6)30(19-23)40-21-24-11-9-10-12-28(24)35(38)39/h9-13,15,19,22,25-26,29,36H,7-8,14,16-18,20-21,33H2,1-6H3,(H,34,37)/t25-,26-,29-/m0/s1. The van der Waals surface area contributed by atoms with Crippen LogP contribution in [0.4, 0.5) is 5.69 Å². The third-order valence-electron chi connectivity index (χ3n) is 7.41. The summed E-state index contributed by atoms with van der Waals surface area (Å²) in [6, 6.07) is 12.8. The first-order chi connectivity index (χ1) is 18.8. The second kappa shape index (κ2) is 15.7. The van der Waals surface area contributed by atoms with E-state index in [1.54, 1.807) is 18.2 Å². The topological polar surface area (TPSA) is 128 Å². The second-order valence-electron chi connectivity index (χ2n) is 12.2. The number of nitrogens with one attached hydrogen (secondary N) is 1. The highest BCUT2D eigenvalue weighted by Crippen LogP contribution is 2.35. The zero-order chi connectivity index (χ0) is 29.9. The number of ether oxygens (including phenoxy) is 1. The SMILES string of the molecule is CCCCNC(=O)[C@@H](O)CC[C@H](N)C[C@H](Cc1ccc(C(C)(C)C)c(OCc2ccccc2[N+](=O)[O-])c1)C(C)C. The van der Waals surface area contributed by atoms with E-state index in [4.69, 9.17) is 10.5 Å². The van der Waals surface area contributed by atoms with Gasteiger partial charge in [-0.1, -0.05) is 72.2 Å². The fourth-order valence-electron chi connectivity index (χ4n) is 4.81. The van der Waals surface area contributed by atoms with Gasteiger partial charge in [0, 0.05) is 18.7 Å². The third kappa shape index (κ3) is 10.5. The van der Waals surface area contributed by atoms with E-state index in [-0.39, 0.29) is 34.6 Å². The van der Waals surface area contributed by atoms with Gasteiger partial charge in [0.15, 0.2) is 0 Å². The smallest absolute Gasteiger partial charge is 0.276 e. The van der Waals surface area contributed by atoms with E-state index in [2.05, 4.69) is 65.1 Å². The minimum Gasteiger partial charge on any atom is -0.488 e. The molecule has 2 rings (SSSR count). The summed E-state index contributed by atoms with van der Waals surface area (Å²) in [6.45, 7) is 13.5. The number of para-hydroxylation sites is 1. The molecule has 0 saturated carbocycles. The molecular weight excluding hydrogens is 506 g/mol. The monoisotopic (exact) mass is 555 g/mol. The Hall–Kier alpha value is -2.97. The third-order valence-corrected chi connectivity index (χ3v) is 7.41. The van der Waals surface area contributed by atoms with Crippen LogP contribution in [-0.2, 0) is 23.2 Å². The van der Waals surface area contributed by atoms with E-state index in [0.29, 0.717) is 36.8 Å². The summed E-state index contributed by atoms with van der Waals surface area (Å²) in [6.07, 6.45) is 3.33. The lowest BCUT2D eigenvalue weighted by molar-refractivity contribution is -0.385. The van der Waals surface area contributed by atoms with Crippen molar-refractivity contribution in [2.45, 2.75) is 104 Å². The largest absolute Gasteiger partial charge is 0.488 e. The average molecular weight is 556 g/mol. The number of hydrogen-bond donors (Lipinski definition) is 3. The molecule has 0 spiro atoms. The lowest BCUT2D eigenvalue weighted by Crippen LogP contribution is -2.36. The van der Waals surface area contributed by atoms with Crippen molar-refractivity contribution in [3.63, 3.8) is 0 Å². The Morgan fingerprint density at radius 1 is 1.15 bits per heavy atom. The summed E-state index contributed by atoms with van der Waals surface area (Å²) in [4.78, 5) is 23.2. The Morgan fingerprint density at radius 3 is 2.48 bits per heavy atom. The quantitative estimate of drug-likeness (QED) is 0.131. The number of nitro groups is 1.